The van der Waals surface area contributed by atoms with Gasteiger partial charge in [-0.15, -0.1) is 0 Å². The van der Waals surface area contributed by atoms with Gasteiger partial charge in [0.2, 0.25) is 11.8 Å². The number of aryl methyl sites for hydroxylation is 1. The Morgan fingerprint density at radius 2 is 2.12 bits per heavy atom. The van der Waals surface area contributed by atoms with Gasteiger partial charge in [0.1, 0.15) is 5.60 Å². The van der Waals surface area contributed by atoms with E-state index < -0.39 is 46.9 Å². The van der Waals surface area contributed by atoms with Crippen molar-refractivity contribution in [1.29, 1.82) is 0 Å². The number of aliphatic hydroxyl groups excluding tert-OH is 1. The molecule has 0 spiro atoms. The lowest BCUT2D eigenvalue weighted by molar-refractivity contribution is -0.385. The Labute approximate surface area is 136 Å². The maximum absolute atomic E-state index is 12.8. The van der Waals surface area contributed by atoms with Crippen LogP contribution in [-0.4, -0.2) is 40.2 Å². The number of imide groups is 1. The monoisotopic (exact) mass is 330 g/mol. The zero-order valence-electron chi connectivity index (χ0n) is 12.7. The number of carbonyl (C=O) groups is 2. The van der Waals surface area contributed by atoms with Crippen LogP contribution in [-0.2, 0) is 14.3 Å². The minimum atomic E-state index is -1.17. The first-order valence-corrected chi connectivity index (χ1v) is 7.50. The number of amides is 2. The van der Waals surface area contributed by atoms with Crippen LogP contribution in [0.1, 0.15) is 5.56 Å². The minimum absolute atomic E-state index is 0.153. The third-order valence-corrected chi connectivity index (χ3v) is 5.05. The Morgan fingerprint density at radius 1 is 1.38 bits per heavy atom. The maximum Gasteiger partial charge on any atom is 0.274 e. The summed E-state index contributed by atoms with van der Waals surface area (Å²) in [4.78, 5) is 37.1. The Hall–Kier alpha value is -2.58. The van der Waals surface area contributed by atoms with E-state index in [-0.39, 0.29) is 11.4 Å². The van der Waals surface area contributed by atoms with Crippen LogP contribution in [0.2, 0.25) is 0 Å². The lowest BCUT2D eigenvalue weighted by atomic mass is 9.77. The molecule has 3 aliphatic rings. The third kappa shape index (κ3) is 1.69. The molecule has 2 fully saturated rings. The summed E-state index contributed by atoms with van der Waals surface area (Å²) >= 11 is 0. The number of aliphatic hydroxyl groups is 1. The first kappa shape index (κ1) is 15.0. The molecule has 0 aliphatic carbocycles. The number of fused-ring (bicyclic) bond motifs is 5. The molecule has 24 heavy (non-hydrogen) atoms. The van der Waals surface area contributed by atoms with Crippen molar-refractivity contribution in [3.8, 4) is 0 Å². The Morgan fingerprint density at radius 3 is 2.79 bits per heavy atom. The van der Waals surface area contributed by atoms with Crippen molar-refractivity contribution in [2.75, 3.05) is 11.5 Å². The first-order chi connectivity index (χ1) is 11.4. The van der Waals surface area contributed by atoms with Crippen molar-refractivity contribution in [2.24, 2.45) is 11.8 Å². The molecule has 8 heteroatoms. The largest absolute Gasteiger partial charge is 0.393 e. The molecule has 2 saturated heterocycles. The fourth-order valence-electron chi connectivity index (χ4n) is 3.87. The smallest absolute Gasteiger partial charge is 0.274 e. The normalized spacial score (nSPS) is 33.4. The number of nitro benzene ring substituents is 1. The number of rotatable bonds is 3. The van der Waals surface area contributed by atoms with E-state index in [2.05, 4.69) is 0 Å². The van der Waals surface area contributed by atoms with Crippen LogP contribution in [0, 0.1) is 28.9 Å². The van der Waals surface area contributed by atoms with Gasteiger partial charge in [0, 0.05) is 11.6 Å². The molecule has 0 unspecified atom stereocenters. The molecule has 0 aromatic heterocycles. The maximum atomic E-state index is 12.8. The molecule has 3 aliphatic heterocycles. The van der Waals surface area contributed by atoms with Crippen molar-refractivity contribution in [2.45, 2.75) is 18.6 Å². The highest BCUT2D eigenvalue weighted by Gasteiger charge is 2.67. The average molecular weight is 330 g/mol. The van der Waals surface area contributed by atoms with Crippen LogP contribution in [0.5, 0.6) is 0 Å². The van der Waals surface area contributed by atoms with Gasteiger partial charge in [-0.2, -0.15) is 0 Å². The van der Waals surface area contributed by atoms with Gasteiger partial charge in [-0.3, -0.25) is 19.7 Å². The number of anilines is 1. The summed E-state index contributed by atoms with van der Waals surface area (Å²) in [6.45, 7) is 1.19. The summed E-state index contributed by atoms with van der Waals surface area (Å²) in [5, 5.41) is 20.8. The van der Waals surface area contributed by atoms with Gasteiger partial charge in [-0.25, -0.2) is 4.90 Å². The summed E-state index contributed by atoms with van der Waals surface area (Å²) in [5.74, 6) is -2.45. The molecule has 124 valence electrons. The van der Waals surface area contributed by atoms with Crippen LogP contribution in [0.25, 0.3) is 0 Å². The van der Waals surface area contributed by atoms with Gasteiger partial charge in [-0.05, 0) is 13.0 Å². The second-order valence-electron chi connectivity index (χ2n) is 6.30. The molecule has 1 aromatic rings. The highest BCUT2D eigenvalue weighted by molar-refractivity contribution is 6.23. The quantitative estimate of drug-likeness (QED) is 0.378. The predicted octanol–water partition coefficient (Wildman–Crippen LogP) is 0.709. The molecule has 1 N–H and O–H groups in total. The van der Waals surface area contributed by atoms with E-state index in [0.717, 1.165) is 4.90 Å². The van der Waals surface area contributed by atoms with E-state index >= 15 is 0 Å². The molecule has 3 heterocycles. The number of ether oxygens (including phenoxy) is 1. The predicted molar refractivity (Wildman–Crippen MR) is 81.1 cm³/mol. The summed E-state index contributed by atoms with van der Waals surface area (Å²) in [6.07, 6.45) is 2.76. The van der Waals surface area contributed by atoms with E-state index in [1.807, 2.05) is 0 Å². The molecule has 4 rings (SSSR count). The van der Waals surface area contributed by atoms with Crippen molar-refractivity contribution in [3.63, 3.8) is 0 Å². The molecule has 8 nitrogen and oxygen atoms in total. The molecule has 2 bridgehead atoms. The van der Waals surface area contributed by atoms with Crippen LogP contribution in [0.15, 0.2) is 30.4 Å². The number of nitrogens with zero attached hydrogens (tertiary/aromatic N) is 2. The van der Waals surface area contributed by atoms with Crippen LogP contribution in [0.4, 0.5) is 11.4 Å². The zero-order valence-corrected chi connectivity index (χ0v) is 12.7. The lowest BCUT2D eigenvalue weighted by Crippen LogP contribution is -2.43. The second kappa shape index (κ2) is 4.71. The van der Waals surface area contributed by atoms with Crippen LogP contribution in [0.3, 0.4) is 0 Å². The van der Waals surface area contributed by atoms with Crippen LogP contribution >= 0.6 is 0 Å². The highest BCUT2D eigenvalue weighted by Crippen LogP contribution is 2.52. The third-order valence-electron chi connectivity index (χ3n) is 5.05. The fourth-order valence-corrected chi connectivity index (χ4v) is 3.87. The van der Waals surface area contributed by atoms with Crippen molar-refractivity contribution in [3.05, 3.63) is 46.0 Å². The number of hydrogen-bond acceptors (Lipinski definition) is 6. The standard InChI is InChI=1S/C16H14N2O6/c1-8-2-3-9(6-10(8)18(22)23)17-14(20)12-11-4-5-16(7-19,24-11)13(12)15(17)21/h2-6,11-13,19H,7H2,1H3/t11-,12+,13+,16-/m1/s1. The zero-order chi connectivity index (χ0) is 17.2. The fraction of sp³-hybridized carbons (Fsp3) is 0.375. The summed E-state index contributed by atoms with van der Waals surface area (Å²) in [7, 11) is 0. The summed E-state index contributed by atoms with van der Waals surface area (Å²) in [6, 6.07) is 4.25. The number of hydrogen-bond donors (Lipinski definition) is 1. The van der Waals surface area contributed by atoms with E-state index in [4.69, 9.17) is 4.74 Å². The average Bonchev–Trinajstić information content (AvgIpc) is 3.19. The molecule has 1 aromatic carbocycles. The molecule has 2 amide bonds. The van der Waals surface area contributed by atoms with Gasteiger partial charge < -0.3 is 9.84 Å². The Bertz CT molecular complexity index is 819. The minimum Gasteiger partial charge on any atom is -0.393 e. The number of benzene rings is 1. The van der Waals surface area contributed by atoms with E-state index in [0.29, 0.717) is 5.56 Å². The van der Waals surface area contributed by atoms with Gasteiger partial charge in [0.05, 0.1) is 35.2 Å². The van der Waals surface area contributed by atoms with Crippen molar-refractivity contribution in [1.82, 2.24) is 0 Å². The van der Waals surface area contributed by atoms with E-state index in [1.165, 1.54) is 18.2 Å². The number of nitro groups is 1. The molecule has 4 atom stereocenters. The highest BCUT2D eigenvalue weighted by atomic mass is 16.6. The van der Waals surface area contributed by atoms with Gasteiger partial charge >= 0.3 is 0 Å². The molecule has 0 saturated carbocycles. The van der Waals surface area contributed by atoms with E-state index in [1.54, 1.807) is 19.1 Å². The van der Waals surface area contributed by atoms with Gasteiger partial charge in [-0.1, -0.05) is 18.2 Å². The summed E-state index contributed by atoms with van der Waals surface area (Å²) < 4.78 is 5.64. The van der Waals surface area contributed by atoms with Gasteiger partial charge in [0.25, 0.3) is 5.69 Å². The van der Waals surface area contributed by atoms with Crippen molar-refractivity contribution >= 4 is 23.2 Å². The van der Waals surface area contributed by atoms with Crippen molar-refractivity contribution < 1.29 is 24.4 Å². The summed E-state index contributed by atoms with van der Waals surface area (Å²) in [5.41, 5.74) is -0.712. The SMILES string of the molecule is Cc1ccc(N2C(=O)[C@@H]3[C@@H](C2=O)[C@]2(CO)C=C[C@H]3O2)cc1[N+](=O)[O-]. The first-order valence-electron chi connectivity index (χ1n) is 7.50. The number of carbonyl (C=O) groups excluding carboxylic acids is 2. The van der Waals surface area contributed by atoms with E-state index in [9.17, 15) is 24.8 Å². The molecular formula is C16H14N2O6. The Balaban J connectivity index is 1.77. The van der Waals surface area contributed by atoms with Crippen LogP contribution < -0.4 is 4.90 Å². The Kier molecular flexibility index (Phi) is 2.94. The van der Waals surface area contributed by atoms with Gasteiger partial charge in [0.15, 0.2) is 0 Å². The lowest BCUT2D eigenvalue weighted by Gasteiger charge is -2.26. The molecule has 0 radical (unpaired) electrons. The topological polar surface area (TPSA) is 110 Å². The second-order valence-corrected chi connectivity index (χ2v) is 6.30. The molecular weight excluding hydrogens is 316 g/mol.